The van der Waals surface area contributed by atoms with Gasteiger partial charge in [0.25, 0.3) is 0 Å². The second kappa shape index (κ2) is 8.25. The van der Waals surface area contributed by atoms with Crippen LogP contribution < -0.4 is 5.32 Å². The van der Waals surface area contributed by atoms with E-state index >= 15 is 0 Å². The summed E-state index contributed by atoms with van der Waals surface area (Å²) in [6.45, 7) is 7.46. The van der Waals surface area contributed by atoms with Crippen molar-refractivity contribution in [1.82, 2.24) is 15.1 Å². The first kappa shape index (κ1) is 16.1. The van der Waals surface area contributed by atoms with Crippen LogP contribution in [0.15, 0.2) is 47.5 Å². The van der Waals surface area contributed by atoms with Crippen molar-refractivity contribution in [3.8, 4) is 0 Å². The molecule has 0 saturated carbocycles. The molecule has 0 radical (unpaired) electrons. The van der Waals surface area contributed by atoms with Crippen molar-refractivity contribution >= 4 is 11.8 Å². The van der Waals surface area contributed by atoms with Crippen LogP contribution in [0, 0.1) is 0 Å². The molecule has 21 heavy (non-hydrogen) atoms. The Kier molecular flexibility index (Phi) is 6.33. The SMILES string of the molecule is CCNC(CSc1ccccc1)Cc1ccn(C(C)C)n1. The zero-order valence-corrected chi connectivity index (χ0v) is 13.9. The number of nitrogens with zero attached hydrogens (tertiary/aromatic N) is 2. The van der Waals surface area contributed by atoms with Gasteiger partial charge in [0.2, 0.25) is 0 Å². The monoisotopic (exact) mass is 303 g/mol. The quantitative estimate of drug-likeness (QED) is 0.753. The highest BCUT2D eigenvalue weighted by atomic mass is 32.2. The molecule has 1 unspecified atom stereocenters. The van der Waals surface area contributed by atoms with Crippen LogP contribution in [0.3, 0.4) is 0 Å². The second-order valence-corrected chi connectivity index (χ2v) is 6.56. The first-order chi connectivity index (χ1) is 10.2. The lowest BCUT2D eigenvalue weighted by Gasteiger charge is -2.16. The third-order valence-electron chi connectivity index (χ3n) is 3.34. The van der Waals surface area contributed by atoms with Gasteiger partial charge in [-0.15, -0.1) is 11.8 Å². The molecule has 0 bridgehead atoms. The summed E-state index contributed by atoms with van der Waals surface area (Å²) in [4.78, 5) is 1.33. The molecule has 1 aromatic heterocycles. The van der Waals surface area contributed by atoms with Gasteiger partial charge in [0.15, 0.2) is 0 Å². The maximum atomic E-state index is 4.65. The molecule has 1 heterocycles. The summed E-state index contributed by atoms with van der Waals surface area (Å²) in [5, 5.41) is 8.22. The van der Waals surface area contributed by atoms with Gasteiger partial charge in [-0.2, -0.15) is 5.10 Å². The minimum absolute atomic E-state index is 0.426. The molecule has 2 aromatic rings. The topological polar surface area (TPSA) is 29.9 Å². The summed E-state index contributed by atoms with van der Waals surface area (Å²) in [6.07, 6.45) is 3.06. The molecule has 1 atom stereocenters. The summed E-state index contributed by atoms with van der Waals surface area (Å²) < 4.78 is 2.03. The van der Waals surface area contributed by atoms with E-state index in [1.54, 1.807) is 0 Å². The number of hydrogen-bond donors (Lipinski definition) is 1. The highest BCUT2D eigenvalue weighted by molar-refractivity contribution is 7.99. The van der Waals surface area contributed by atoms with E-state index in [4.69, 9.17) is 0 Å². The van der Waals surface area contributed by atoms with Gasteiger partial charge in [-0.25, -0.2) is 0 Å². The Morgan fingerprint density at radius 1 is 1.19 bits per heavy atom. The lowest BCUT2D eigenvalue weighted by atomic mass is 10.2. The van der Waals surface area contributed by atoms with Crippen molar-refractivity contribution in [2.75, 3.05) is 12.3 Å². The fraction of sp³-hybridized carbons (Fsp3) is 0.471. The van der Waals surface area contributed by atoms with Crippen LogP contribution in [0.25, 0.3) is 0 Å². The van der Waals surface area contributed by atoms with E-state index < -0.39 is 0 Å². The van der Waals surface area contributed by atoms with E-state index in [1.165, 1.54) is 10.6 Å². The third kappa shape index (κ3) is 5.21. The van der Waals surface area contributed by atoms with E-state index in [-0.39, 0.29) is 0 Å². The van der Waals surface area contributed by atoms with E-state index in [1.807, 2.05) is 16.4 Å². The van der Waals surface area contributed by atoms with Crippen LogP contribution in [-0.2, 0) is 6.42 Å². The molecule has 0 fully saturated rings. The molecule has 1 N–H and O–H groups in total. The van der Waals surface area contributed by atoms with Crippen LogP contribution in [0.2, 0.25) is 0 Å². The number of likely N-dealkylation sites (N-methyl/N-ethyl adjacent to an activating group) is 1. The maximum Gasteiger partial charge on any atom is 0.0640 e. The summed E-state index contributed by atoms with van der Waals surface area (Å²) in [5.41, 5.74) is 1.17. The largest absolute Gasteiger partial charge is 0.313 e. The van der Waals surface area contributed by atoms with Crippen molar-refractivity contribution in [3.63, 3.8) is 0 Å². The Morgan fingerprint density at radius 2 is 1.95 bits per heavy atom. The van der Waals surface area contributed by atoms with Crippen LogP contribution >= 0.6 is 11.8 Å². The minimum Gasteiger partial charge on any atom is -0.313 e. The predicted molar refractivity (Wildman–Crippen MR) is 90.9 cm³/mol. The normalized spacial score (nSPS) is 12.8. The molecule has 0 aliphatic heterocycles. The lowest BCUT2D eigenvalue weighted by molar-refractivity contribution is 0.513. The van der Waals surface area contributed by atoms with Gasteiger partial charge in [-0.1, -0.05) is 25.1 Å². The van der Waals surface area contributed by atoms with Gasteiger partial charge in [0.05, 0.1) is 5.69 Å². The fourth-order valence-electron chi connectivity index (χ4n) is 2.22. The smallest absolute Gasteiger partial charge is 0.0640 e. The van der Waals surface area contributed by atoms with Gasteiger partial charge < -0.3 is 5.32 Å². The summed E-state index contributed by atoms with van der Waals surface area (Å²) >= 11 is 1.90. The molecule has 1 aromatic carbocycles. The molecule has 0 aliphatic carbocycles. The average molecular weight is 303 g/mol. The molecule has 4 heteroatoms. The van der Waals surface area contributed by atoms with Crippen LogP contribution in [0.5, 0.6) is 0 Å². The highest BCUT2D eigenvalue weighted by Gasteiger charge is 2.11. The summed E-state index contributed by atoms with van der Waals surface area (Å²) in [5.74, 6) is 1.06. The molecule has 0 amide bonds. The van der Waals surface area contributed by atoms with E-state index in [2.05, 4.69) is 73.8 Å². The molecule has 114 valence electrons. The van der Waals surface area contributed by atoms with Gasteiger partial charge in [0.1, 0.15) is 0 Å². The fourth-order valence-corrected chi connectivity index (χ4v) is 3.20. The Hall–Kier alpha value is -1.26. The number of aromatic nitrogens is 2. The Balaban J connectivity index is 1.91. The lowest BCUT2D eigenvalue weighted by Crippen LogP contribution is -2.33. The Bertz CT molecular complexity index is 522. The summed E-state index contributed by atoms with van der Waals surface area (Å²) in [6, 6.07) is 13.6. The first-order valence-electron chi connectivity index (χ1n) is 7.64. The maximum absolute atomic E-state index is 4.65. The number of nitrogens with one attached hydrogen (secondary N) is 1. The zero-order valence-electron chi connectivity index (χ0n) is 13.1. The zero-order chi connectivity index (χ0) is 15.1. The number of benzene rings is 1. The molecular formula is C17H25N3S. The van der Waals surface area contributed by atoms with E-state index in [0.717, 1.165) is 18.7 Å². The van der Waals surface area contributed by atoms with Crippen molar-refractivity contribution in [2.24, 2.45) is 0 Å². The van der Waals surface area contributed by atoms with Crippen molar-refractivity contribution < 1.29 is 0 Å². The Labute approximate surface area is 132 Å². The second-order valence-electron chi connectivity index (χ2n) is 5.46. The molecule has 3 nitrogen and oxygen atoms in total. The molecule has 0 saturated heterocycles. The Morgan fingerprint density at radius 3 is 2.57 bits per heavy atom. The van der Waals surface area contributed by atoms with Crippen LogP contribution in [0.4, 0.5) is 0 Å². The predicted octanol–water partition coefficient (Wildman–Crippen LogP) is 3.78. The summed E-state index contributed by atoms with van der Waals surface area (Å²) in [7, 11) is 0. The standard InChI is InChI=1S/C17H25N3S/c1-4-18-16(13-21-17-8-6-5-7-9-17)12-15-10-11-20(19-15)14(2)3/h5-11,14,16,18H,4,12-13H2,1-3H3. The number of rotatable bonds is 8. The average Bonchev–Trinajstić information content (AvgIpc) is 2.95. The van der Waals surface area contributed by atoms with Crippen LogP contribution in [0.1, 0.15) is 32.5 Å². The highest BCUT2D eigenvalue weighted by Crippen LogP contribution is 2.19. The van der Waals surface area contributed by atoms with Crippen molar-refractivity contribution in [3.05, 3.63) is 48.3 Å². The minimum atomic E-state index is 0.426. The van der Waals surface area contributed by atoms with Gasteiger partial charge in [-0.05, 0) is 38.6 Å². The van der Waals surface area contributed by atoms with E-state index in [0.29, 0.717) is 12.1 Å². The van der Waals surface area contributed by atoms with Crippen molar-refractivity contribution in [2.45, 2.75) is 44.2 Å². The number of hydrogen-bond acceptors (Lipinski definition) is 3. The van der Waals surface area contributed by atoms with Crippen LogP contribution in [-0.4, -0.2) is 28.1 Å². The van der Waals surface area contributed by atoms with Gasteiger partial charge in [-0.3, -0.25) is 4.68 Å². The van der Waals surface area contributed by atoms with Gasteiger partial charge in [0, 0.05) is 35.3 Å². The molecule has 2 rings (SSSR count). The third-order valence-corrected chi connectivity index (χ3v) is 4.51. The number of thioether (sulfide) groups is 1. The molecular weight excluding hydrogens is 278 g/mol. The van der Waals surface area contributed by atoms with E-state index in [9.17, 15) is 0 Å². The first-order valence-corrected chi connectivity index (χ1v) is 8.63. The van der Waals surface area contributed by atoms with Gasteiger partial charge >= 0.3 is 0 Å². The molecule has 0 spiro atoms. The van der Waals surface area contributed by atoms with Crippen molar-refractivity contribution in [1.29, 1.82) is 0 Å². The molecule has 0 aliphatic rings.